The molecule has 4 rings (SSSR count). The Kier molecular flexibility index (Phi) is 10.7. The molecular formula is C38H45N5O4. The summed E-state index contributed by atoms with van der Waals surface area (Å²) >= 11 is 0. The third kappa shape index (κ3) is 8.76. The summed E-state index contributed by atoms with van der Waals surface area (Å²) in [6.07, 6.45) is 5.22. The molecule has 0 saturated carbocycles. The highest BCUT2D eigenvalue weighted by molar-refractivity contribution is 6.20. The van der Waals surface area contributed by atoms with Crippen molar-refractivity contribution < 1.29 is 19.1 Å². The Labute approximate surface area is 278 Å². The first-order chi connectivity index (χ1) is 22.2. The van der Waals surface area contributed by atoms with Crippen LogP contribution in [0.5, 0.6) is 0 Å². The highest BCUT2D eigenvalue weighted by atomic mass is 16.6. The van der Waals surface area contributed by atoms with E-state index in [9.17, 15) is 14.4 Å². The van der Waals surface area contributed by atoms with Crippen LogP contribution in [0.1, 0.15) is 54.7 Å². The Morgan fingerprint density at radius 1 is 0.830 bits per heavy atom. The summed E-state index contributed by atoms with van der Waals surface area (Å²) in [6.45, 7) is 7.98. The smallest absolute Gasteiger partial charge is 0.326 e. The molecular weight excluding hydrogens is 590 g/mol. The number of anilines is 3. The Morgan fingerprint density at radius 3 is 2.02 bits per heavy atom. The van der Waals surface area contributed by atoms with Gasteiger partial charge in [-0.05, 0) is 99.5 Å². The van der Waals surface area contributed by atoms with Gasteiger partial charge in [-0.25, -0.2) is 4.99 Å². The van der Waals surface area contributed by atoms with E-state index >= 15 is 0 Å². The van der Waals surface area contributed by atoms with Gasteiger partial charge in [-0.2, -0.15) is 0 Å². The number of ether oxygens (including phenoxy) is 1. The number of benzene rings is 3. The molecule has 0 radical (unpaired) electrons. The average Bonchev–Trinajstić information content (AvgIpc) is 3.31. The first-order valence-corrected chi connectivity index (χ1v) is 15.6. The zero-order valence-electron chi connectivity index (χ0n) is 28.9. The van der Waals surface area contributed by atoms with E-state index in [1.807, 2.05) is 112 Å². The number of hydrogen-bond donors (Lipinski definition) is 0. The van der Waals surface area contributed by atoms with Gasteiger partial charge in [-0.1, -0.05) is 24.3 Å². The summed E-state index contributed by atoms with van der Waals surface area (Å²) < 4.78 is 5.51. The van der Waals surface area contributed by atoms with Crippen molar-refractivity contribution in [1.29, 1.82) is 0 Å². The maximum Gasteiger partial charge on any atom is 0.326 e. The minimum atomic E-state index is -0.705. The number of carbonyl (C=O) groups excluding carboxylic acids is 3. The lowest BCUT2D eigenvalue weighted by Gasteiger charge is -2.22. The van der Waals surface area contributed by atoms with Crippen molar-refractivity contribution in [3.05, 3.63) is 101 Å². The van der Waals surface area contributed by atoms with Gasteiger partial charge in [0.25, 0.3) is 5.91 Å². The third-order valence-electron chi connectivity index (χ3n) is 7.61. The van der Waals surface area contributed by atoms with Gasteiger partial charge >= 0.3 is 5.97 Å². The standard InChI is InChI=1S/C38H45N5O4/c1-10-42(9)30-19-15-28(16-20-30)36(45)31-23-27(13-21-33(31)41(7)8)24-32-37(46)43(25-35(44)47-38(2,3)4)34(39-32)22-14-26-11-17-29(18-12-26)40(5)6/h11-24H,10,25H2,1-9H3/b22-14+,32-24-. The average molecular weight is 636 g/mol. The summed E-state index contributed by atoms with van der Waals surface area (Å²) in [7, 11) is 9.72. The summed E-state index contributed by atoms with van der Waals surface area (Å²) in [4.78, 5) is 52.2. The molecule has 0 unspecified atom stereocenters. The first kappa shape index (κ1) is 34.7. The Bertz CT molecular complexity index is 1710. The van der Waals surface area contributed by atoms with Crippen LogP contribution in [0.25, 0.3) is 12.2 Å². The molecule has 3 aromatic carbocycles. The van der Waals surface area contributed by atoms with E-state index in [1.165, 1.54) is 4.90 Å². The second-order valence-electron chi connectivity index (χ2n) is 12.9. The van der Waals surface area contributed by atoms with Crippen molar-refractivity contribution in [3.8, 4) is 0 Å². The van der Waals surface area contributed by atoms with E-state index in [2.05, 4.69) is 16.8 Å². The van der Waals surface area contributed by atoms with Gasteiger partial charge in [0.05, 0.1) is 0 Å². The molecule has 47 heavy (non-hydrogen) atoms. The van der Waals surface area contributed by atoms with Gasteiger partial charge in [-0.3, -0.25) is 19.3 Å². The SMILES string of the molecule is CCN(C)c1ccc(C(=O)c2cc(/C=C3N=C(/C=C/c4ccc(N(C)C)cc4)N(CC(=O)OC(C)(C)C)C\3=O)ccc2N(C)C)cc1. The molecule has 0 N–H and O–H groups in total. The Morgan fingerprint density at radius 2 is 1.45 bits per heavy atom. The summed E-state index contributed by atoms with van der Waals surface area (Å²) in [5, 5.41) is 0. The molecule has 0 fully saturated rings. The van der Waals surface area contributed by atoms with Crippen LogP contribution in [0.4, 0.5) is 17.1 Å². The van der Waals surface area contributed by atoms with E-state index in [0.717, 1.165) is 29.2 Å². The summed E-state index contributed by atoms with van der Waals surface area (Å²) in [6, 6.07) is 21.0. The van der Waals surface area contributed by atoms with Gasteiger partial charge in [0.2, 0.25) is 0 Å². The number of hydrogen-bond acceptors (Lipinski definition) is 8. The van der Waals surface area contributed by atoms with Crippen LogP contribution in [-0.4, -0.2) is 82.3 Å². The highest BCUT2D eigenvalue weighted by Gasteiger charge is 2.32. The second-order valence-corrected chi connectivity index (χ2v) is 12.9. The van der Waals surface area contributed by atoms with E-state index in [4.69, 9.17) is 4.74 Å². The molecule has 3 aromatic rings. The number of nitrogens with zero attached hydrogens (tertiary/aromatic N) is 5. The lowest BCUT2D eigenvalue weighted by atomic mass is 9.98. The fourth-order valence-corrected chi connectivity index (χ4v) is 4.98. The third-order valence-corrected chi connectivity index (χ3v) is 7.61. The van der Waals surface area contributed by atoms with Crippen molar-refractivity contribution in [3.63, 3.8) is 0 Å². The zero-order valence-corrected chi connectivity index (χ0v) is 28.9. The van der Waals surface area contributed by atoms with Crippen molar-refractivity contribution in [2.45, 2.75) is 33.3 Å². The van der Waals surface area contributed by atoms with Gasteiger partial charge in [0.15, 0.2) is 5.78 Å². The van der Waals surface area contributed by atoms with Gasteiger partial charge in [0, 0.05) is 70.0 Å². The molecule has 1 heterocycles. The van der Waals surface area contributed by atoms with Gasteiger partial charge < -0.3 is 19.4 Å². The van der Waals surface area contributed by atoms with Crippen LogP contribution in [0, 0.1) is 0 Å². The minimum Gasteiger partial charge on any atom is -0.459 e. The van der Waals surface area contributed by atoms with Crippen molar-refractivity contribution in [2.24, 2.45) is 4.99 Å². The number of amides is 1. The number of ketones is 1. The van der Waals surface area contributed by atoms with Gasteiger partial charge in [-0.15, -0.1) is 0 Å². The molecule has 0 atom stereocenters. The number of rotatable bonds is 11. The normalized spacial score (nSPS) is 14.1. The summed E-state index contributed by atoms with van der Waals surface area (Å²) in [5.41, 5.74) is 4.90. The fraction of sp³-hybridized carbons (Fsp3) is 0.316. The lowest BCUT2D eigenvalue weighted by Crippen LogP contribution is -2.39. The zero-order chi connectivity index (χ0) is 34.5. The predicted molar refractivity (Wildman–Crippen MR) is 192 cm³/mol. The molecule has 0 spiro atoms. The van der Waals surface area contributed by atoms with E-state index in [-0.39, 0.29) is 18.0 Å². The van der Waals surface area contributed by atoms with Crippen molar-refractivity contribution in [1.82, 2.24) is 4.90 Å². The number of carbonyl (C=O) groups is 3. The molecule has 0 bridgehead atoms. The van der Waals surface area contributed by atoms with E-state index in [1.54, 1.807) is 39.0 Å². The van der Waals surface area contributed by atoms with Crippen LogP contribution in [0.3, 0.4) is 0 Å². The molecule has 0 aliphatic carbocycles. The largest absolute Gasteiger partial charge is 0.459 e. The predicted octanol–water partition coefficient (Wildman–Crippen LogP) is 6.14. The molecule has 246 valence electrons. The highest BCUT2D eigenvalue weighted by Crippen LogP contribution is 2.27. The minimum absolute atomic E-state index is 0.128. The Hall–Kier alpha value is -5.18. The number of esters is 1. The van der Waals surface area contributed by atoms with Crippen molar-refractivity contribution >= 4 is 52.7 Å². The van der Waals surface area contributed by atoms with Crippen LogP contribution in [0.15, 0.2) is 83.5 Å². The Balaban J connectivity index is 1.70. The molecule has 9 nitrogen and oxygen atoms in total. The number of amidine groups is 1. The number of aliphatic imine (C=N–C) groups is 1. The lowest BCUT2D eigenvalue weighted by molar-refractivity contribution is -0.156. The summed E-state index contributed by atoms with van der Waals surface area (Å²) in [5.74, 6) is -0.778. The van der Waals surface area contributed by atoms with E-state index in [0.29, 0.717) is 22.5 Å². The fourth-order valence-electron chi connectivity index (χ4n) is 4.98. The maximum absolute atomic E-state index is 13.8. The van der Waals surface area contributed by atoms with Crippen LogP contribution in [0.2, 0.25) is 0 Å². The molecule has 1 amide bonds. The molecule has 1 aliphatic heterocycles. The van der Waals surface area contributed by atoms with Crippen LogP contribution >= 0.6 is 0 Å². The topological polar surface area (TPSA) is 85.8 Å². The monoisotopic (exact) mass is 635 g/mol. The first-order valence-electron chi connectivity index (χ1n) is 15.6. The molecule has 0 aromatic heterocycles. The van der Waals surface area contributed by atoms with Gasteiger partial charge in [0.1, 0.15) is 23.7 Å². The van der Waals surface area contributed by atoms with Crippen LogP contribution < -0.4 is 14.7 Å². The maximum atomic E-state index is 13.8. The van der Waals surface area contributed by atoms with Crippen molar-refractivity contribution in [2.75, 3.05) is 63.0 Å². The second kappa shape index (κ2) is 14.5. The molecule has 1 aliphatic rings. The molecule has 9 heteroatoms. The quantitative estimate of drug-likeness (QED) is 0.142. The van der Waals surface area contributed by atoms with E-state index < -0.39 is 17.5 Å². The van der Waals surface area contributed by atoms with Crippen LogP contribution in [-0.2, 0) is 14.3 Å². The molecule has 0 saturated heterocycles.